The zero-order valence-electron chi connectivity index (χ0n) is 22.3. The predicted octanol–water partition coefficient (Wildman–Crippen LogP) is 10.2. The smallest absolute Gasteiger partial charge is 0.136 e. The molecule has 4 heteroatoms. The van der Waals surface area contributed by atoms with Crippen LogP contribution in [0.2, 0.25) is 0 Å². The highest BCUT2D eigenvalue weighted by molar-refractivity contribution is 6.14. The zero-order chi connectivity index (χ0) is 28.2. The molecule has 0 spiro atoms. The molecule has 2 heterocycles. The molecular weight excluding hydrogens is 516 g/mol. The molecule has 0 saturated carbocycles. The van der Waals surface area contributed by atoms with Gasteiger partial charge in [0, 0.05) is 38.2 Å². The first-order valence-electron chi connectivity index (χ1n) is 13.6. The molecule has 4 nitrogen and oxygen atoms in total. The van der Waals surface area contributed by atoms with E-state index in [4.69, 9.17) is 8.83 Å². The molecule has 2 aromatic heterocycles. The molecule has 194 valence electrons. The molecule has 0 bridgehead atoms. The number of benzene rings is 6. The van der Waals surface area contributed by atoms with E-state index in [2.05, 4.69) is 12.1 Å². The molecule has 0 fully saturated rings. The van der Waals surface area contributed by atoms with Crippen molar-refractivity contribution in [1.82, 2.24) is 0 Å². The van der Waals surface area contributed by atoms with E-state index in [-0.39, 0.29) is 0 Å². The summed E-state index contributed by atoms with van der Waals surface area (Å²) in [6.07, 6.45) is 0. The molecule has 0 saturated heterocycles. The minimum Gasteiger partial charge on any atom is -0.456 e. The van der Waals surface area contributed by atoms with Crippen LogP contribution in [0.1, 0.15) is 11.1 Å². The Balaban J connectivity index is 1.51. The van der Waals surface area contributed by atoms with Gasteiger partial charge in [-0.3, -0.25) is 0 Å². The standard InChI is InChI=1S/C38H20N2O2/c39-21-31-29(23-9-2-1-3-10-23)20-30(24-17-18-26-25-11-4-6-14-33(25)42-36(26)19-24)32(22-40)37(31)28-13-8-16-35-38(28)27-12-5-7-15-34(27)41-35/h1-20H. The fraction of sp³-hybridized carbons (Fsp3) is 0. The molecule has 0 aliphatic carbocycles. The number of nitrogens with zero attached hydrogens (tertiary/aromatic N) is 2. The van der Waals surface area contributed by atoms with Crippen LogP contribution in [0.15, 0.2) is 130 Å². The number of fused-ring (bicyclic) bond motifs is 6. The van der Waals surface area contributed by atoms with E-state index in [0.29, 0.717) is 22.3 Å². The second-order valence-electron chi connectivity index (χ2n) is 10.3. The first kappa shape index (κ1) is 23.8. The van der Waals surface area contributed by atoms with Crippen LogP contribution < -0.4 is 0 Å². The number of hydrogen-bond donors (Lipinski definition) is 0. The summed E-state index contributed by atoms with van der Waals surface area (Å²) in [6.45, 7) is 0. The third-order valence-corrected chi connectivity index (χ3v) is 8.00. The van der Waals surface area contributed by atoms with Crippen LogP contribution in [0.3, 0.4) is 0 Å². The normalized spacial score (nSPS) is 11.3. The SMILES string of the molecule is N#Cc1c(-c2ccccc2)cc(-c2ccc3c(c2)oc2ccccc23)c(C#N)c1-c1cccc2oc3ccccc3c12. The molecule has 0 aliphatic heterocycles. The first-order chi connectivity index (χ1) is 20.7. The van der Waals surface area contributed by atoms with Crippen molar-refractivity contribution >= 4 is 43.9 Å². The van der Waals surface area contributed by atoms with E-state index in [1.54, 1.807) is 0 Å². The van der Waals surface area contributed by atoms with Crippen LogP contribution >= 0.6 is 0 Å². The molecule has 8 aromatic rings. The van der Waals surface area contributed by atoms with Crippen LogP contribution in [0.25, 0.3) is 77.3 Å². The van der Waals surface area contributed by atoms with Gasteiger partial charge in [-0.25, -0.2) is 0 Å². The molecule has 0 radical (unpaired) electrons. The maximum Gasteiger partial charge on any atom is 0.136 e. The van der Waals surface area contributed by atoms with Crippen molar-refractivity contribution in [2.45, 2.75) is 0 Å². The fourth-order valence-electron chi connectivity index (χ4n) is 6.13. The molecule has 0 atom stereocenters. The molecule has 42 heavy (non-hydrogen) atoms. The van der Waals surface area contributed by atoms with Gasteiger partial charge in [0.1, 0.15) is 34.5 Å². The Hall–Kier alpha value is -6.10. The van der Waals surface area contributed by atoms with Crippen LogP contribution in [0.5, 0.6) is 0 Å². The summed E-state index contributed by atoms with van der Waals surface area (Å²) in [5.41, 5.74) is 8.51. The van der Waals surface area contributed by atoms with Crippen LogP contribution in [-0.2, 0) is 0 Å². The van der Waals surface area contributed by atoms with E-state index in [0.717, 1.165) is 66.1 Å². The maximum atomic E-state index is 10.8. The molecule has 0 N–H and O–H groups in total. The van der Waals surface area contributed by atoms with Gasteiger partial charge in [0.15, 0.2) is 0 Å². The monoisotopic (exact) mass is 536 g/mol. The van der Waals surface area contributed by atoms with Gasteiger partial charge < -0.3 is 8.83 Å². The third-order valence-electron chi connectivity index (χ3n) is 8.00. The van der Waals surface area contributed by atoms with Crippen molar-refractivity contribution in [1.29, 1.82) is 10.5 Å². The van der Waals surface area contributed by atoms with Gasteiger partial charge in [0.05, 0.1) is 11.1 Å². The summed E-state index contributed by atoms with van der Waals surface area (Å²) in [5, 5.41) is 25.3. The average molecular weight is 537 g/mol. The topological polar surface area (TPSA) is 73.9 Å². The quantitative estimate of drug-likeness (QED) is 0.225. The zero-order valence-corrected chi connectivity index (χ0v) is 22.3. The Morgan fingerprint density at radius 2 is 1.02 bits per heavy atom. The summed E-state index contributed by atoms with van der Waals surface area (Å²) >= 11 is 0. The molecule has 0 amide bonds. The Bertz CT molecular complexity index is 2430. The van der Waals surface area contributed by atoms with E-state index < -0.39 is 0 Å². The highest BCUT2D eigenvalue weighted by Crippen LogP contribution is 2.45. The van der Waals surface area contributed by atoms with Gasteiger partial charge >= 0.3 is 0 Å². The lowest BCUT2D eigenvalue weighted by molar-refractivity contribution is 0.668. The van der Waals surface area contributed by atoms with Gasteiger partial charge in [-0.2, -0.15) is 10.5 Å². The second kappa shape index (κ2) is 9.24. The van der Waals surface area contributed by atoms with Crippen molar-refractivity contribution in [2.75, 3.05) is 0 Å². The predicted molar refractivity (Wildman–Crippen MR) is 167 cm³/mol. The highest BCUT2D eigenvalue weighted by Gasteiger charge is 2.24. The fourth-order valence-corrected chi connectivity index (χ4v) is 6.13. The summed E-state index contributed by atoms with van der Waals surface area (Å²) in [5.74, 6) is 0. The van der Waals surface area contributed by atoms with E-state index in [9.17, 15) is 10.5 Å². The lowest BCUT2D eigenvalue weighted by atomic mass is 9.83. The van der Waals surface area contributed by atoms with Crippen molar-refractivity contribution < 1.29 is 8.83 Å². The van der Waals surface area contributed by atoms with Crippen LogP contribution in [0.4, 0.5) is 0 Å². The molecule has 6 aromatic carbocycles. The first-order valence-corrected chi connectivity index (χ1v) is 13.6. The molecule has 0 unspecified atom stereocenters. The van der Waals surface area contributed by atoms with Crippen molar-refractivity contribution in [3.63, 3.8) is 0 Å². The minimum atomic E-state index is 0.430. The second-order valence-corrected chi connectivity index (χ2v) is 10.3. The summed E-state index contributed by atoms with van der Waals surface area (Å²) in [6, 6.07) is 44.5. The number of nitriles is 2. The average Bonchev–Trinajstić information content (AvgIpc) is 3.62. The number of para-hydroxylation sites is 2. The summed E-state index contributed by atoms with van der Waals surface area (Å²) in [7, 11) is 0. The number of furan rings is 2. The van der Waals surface area contributed by atoms with Crippen molar-refractivity contribution in [3.8, 4) is 45.5 Å². The molecule has 0 aliphatic rings. The van der Waals surface area contributed by atoms with Crippen molar-refractivity contribution in [3.05, 3.63) is 132 Å². The van der Waals surface area contributed by atoms with Crippen molar-refractivity contribution in [2.24, 2.45) is 0 Å². The lowest BCUT2D eigenvalue weighted by Gasteiger charge is -2.17. The van der Waals surface area contributed by atoms with Crippen LogP contribution in [0, 0.1) is 22.7 Å². The maximum absolute atomic E-state index is 10.8. The van der Waals surface area contributed by atoms with Gasteiger partial charge in [0.25, 0.3) is 0 Å². The summed E-state index contributed by atoms with van der Waals surface area (Å²) in [4.78, 5) is 0. The van der Waals surface area contributed by atoms with Gasteiger partial charge in [-0.1, -0.05) is 84.9 Å². The van der Waals surface area contributed by atoms with Gasteiger partial charge in [0.2, 0.25) is 0 Å². The lowest BCUT2D eigenvalue weighted by Crippen LogP contribution is -1.98. The highest BCUT2D eigenvalue weighted by atomic mass is 16.3. The Morgan fingerprint density at radius 3 is 1.79 bits per heavy atom. The summed E-state index contributed by atoms with van der Waals surface area (Å²) < 4.78 is 12.4. The number of rotatable bonds is 3. The van der Waals surface area contributed by atoms with Crippen LogP contribution in [-0.4, -0.2) is 0 Å². The Kier molecular flexibility index (Phi) is 5.22. The molecule has 8 rings (SSSR count). The van der Waals surface area contributed by atoms with E-state index in [1.165, 1.54) is 0 Å². The largest absolute Gasteiger partial charge is 0.456 e. The Morgan fingerprint density at radius 1 is 0.429 bits per heavy atom. The van der Waals surface area contributed by atoms with Gasteiger partial charge in [-0.15, -0.1) is 0 Å². The van der Waals surface area contributed by atoms with Gasteiger partial charge in [-0.05, 0) is 53.1 Å². The van der Waals surface area contributed by atoms with E-state index in [1.807, 2.05) is 121 Å². The Labute approximate surface area is 240 Å². The molecular formula is C38H20N2O2. The number of hydrogen-bond acceptors (Lipinski definition) is 4. The minimum absolute atomic E-state index is 0.430. The van der Waals surface area contributed by atoms with E-state index >= 15 is 0 Å². The third kappa shape index (κ3) is 3.47.